The average Bonchev–Trinajstić information content (AvgIpc) is 2.23. The molecule has 0 heterocycles. The van der Waals surface area contributed by atoms with Gasteiger partial charge in [0.05, 0.1) is 0 Å². The standard InChI is InChI=1S/C11H20N2O3/c1-3-5-6-8-12-11(16)13-9(7-4-2)10(14)15/h3,5,9H,4,6-8H2,1-2H3,(H,14,15)(H2,12,13,16)/b5-3+. The van der Waals surface area contributed by atoms with Crippen molar-refractivity contribution < 1.29 is 14.7 Å². The van der Waals surface area contributed by atoms with Crippen molar-refractivity contribution in [3.05, 3.63) is 12.2 Å². The van der Waals surface area contributed by atoms with Crippen molar-refractivity contribution in [2.75, 3.05) is 6.54 Å². The second-order valence-corrected chi connectivity index (χ2v) is 3.44. The number of rotatable bonds is 7. The first-order valence-corrected chi connectivity index (χ1v) is 5.50. The molecule has 5 nitrogen and oxygen atoms in total. The molecule has 0 bridgehead atoms. The molecule has 0 aliphatic carbocycles. The maximum atomic E-state index is 11.3. The van der Waals surface area contributed by atoms with Crippen LogP contribution in [-0.2, 0) is 4.79 Å². The number of carbonyl (C=O) groups excluding carboxylic acids is 1. The summed E-state index contributed by atoms with van der Waals surface area (Å²) in [6.45, 7) is 4.29. The Morgan fingerprint density at radius 2 is 2.12 bits per heavy atom. The van der Waals surface area contributed by atoms with Crippen LogP contribution in [0.2, 0.25) is 0 Å². The highest BCUT2D eigenvalue weighted by molar-refractivity contribution is 5.82. The zero-order valence-corrected chi connectivity index (χ0v) is 9.82. The van der Waals surface area contributed by atoms with Gasteiger partial charge >= 0.3 is 12.0 Å². The maximum absolute atomic E-state index is 11.3. The van der Waals surface area contributed by atoms with E-state index in [0.29, 0.717) is 13.0 Å². The molecule has 0 fully saturated rings. The van der Waals surface area contributed by atoms with Crippen molar-refractivity contribution in [3.8, 4) is 0 Å². The van der Waals surface area contributed by atoms with Crippen LogP contribution in [0.3, 0.4) is 0 Å². The van der Waals surface area contributed by atoms with E-state index in [9.17, 15) is 9.59 Å². The molecule has 1 unspecified atom stereocenters. The molecule has 0 saturated carbocycles. The van der Waals surface area contributed by atoms with Gasteiger partial charge in [-0.15, -0.1) is 0 Å². The second kappa shape index (κ2) is 8.76. The van der Waals surface area contributed by atoms with Crippen LogP contribution >= 0.6 is 0 Å². The Balaban J connectivity index is 3.86. The Hall–Kier alpha value is -1.52. The van der Waals surface area contributed by atoms with Crippen LogP contribution in [0, 0.1) is 0 Å². The van der Waals surface area contributed by atoms with Crippen molar-refractivity contribution in [2.24, 2.45) is 0 Å². The first-order valence-electron chi connectivity index (χ1n) is 5.50. The van der Waals surface area contributed by atoms with Crippen LogP contribution < -0.4 is 10.6 Å². The lowest BCUT2D eigenvalue weighted by Gasteiger charge is -2.13. The molecule has 16 heavy (non-hydrogen) atoms. The molecule has 0 saturated heterocycles. The minimum absolute atomic E-state index is 0.426. The van der Waals surface area contributed by atoms with Crippen LogP contribution in [0.1, 0.15) is 33.1 Å². The van der Waals surface area contributed by atoms with E-state index in [1.807, 2.05) is 26.0 Å². The number of aliphatic carboxylic acids is 1. The highest BCUT2D eigenvalue weighted by Crippen LogP contribution is 1.96. The summed E-state index contributed by atoms with van der Waals surface area (Å²) >= 11 is 0. The van der Waals surface area contributed by atoms with Gasteiger partial charge in [-0.05, 0) is 19.8 Å². The fourth-order valence-corrected chi connectivity index (χ4v) is 1.19. The molecule has 0 aromatic rings. The highest BCUT2D eigenvalue weighted by Gasteiger charge is 2.17. The van der Waals surface area contributed by atoms with E-state index < -0.39 is 18.0 Å². The summed E-state index contributed by atoms with van der Waals surface area (Å²) in [5.74, 6) is -0.995. The highest BCUT2D eigenvalue weighted by atomic mass is 16.4. The molecule has 0 aliphatic rings. The molecule has 92 valence electrons. The van der Waals surface area contributed by atoms with Gasteiger partial charge in [0.2, 0.25) is 0 Å². The molecule has 2 amide bonds. The monoisotopic (exact) mass is 228 g/mol. The summed E-state index contributed by atoms with van der Waals surface area (Å²) < 4.78 is 0. The minimum Gasteiger partial charge on any atom is -0.480 e. The van der Waals surface area contributed by atoms with E-state index >= 15 is 0 Å². The quantitative estimate of drug-likeness (QED) is 0.456. The van der Waals surface area contributed by atoms with E-state index in [4.69, 9.17) is 5.11 Å². The first kappa shape index (κ1) is 14.5. The summed E-state index contributed by atoms with van der Waals surface area (Å²) in [7, 11) is 0. The van der Waals surface area contributed by atoms with Gasteiger partial charge in [-0.1, -0.05) is 25.5 Å². The zero-order valence-electron chi connectivity index (χ0n) is 9.82. The number of hydrogen-bond acceptors (Lipinski definition) is 2. The van der Waals surface area contributed by atoms with Gasteiger partial charge in [0.15, 0.2) is 0 Å². The Morgan fingerprint density at radius 3 is 2.62 bits per heavy atom. The van der Waals surface area contributed by atoms with E-state index in [1.165, 1.54) is 0 Å². The number of amides is 2. The van der Waals surface area contributed by atoms with Crippen LogP contribution in [0.4, 0.5) is 4.79 Å². The molecule has 5 heteroatoms. The summed E-state index contributed by atoms with van der Waals surface area (Å²) in [5.41, 5.74) is 0. The van der Waals surface area contributed by atoms with Crippen LogP contribution in [0.25, 0.3) is 0 Å². The molecule has 0 spiro atoms. The van der Waals surface area contributed by atoms with Gasteiger partial charge in [-0.3, -0.25) is 0 Å². The largest absolute Gasteiger partial charge is 0.480 e. The lowest BCUT2D eigenvalue weighted by Crippen LogP contribution is -2.46. The van der Waals surface area contributed by atoms with Crippen molar-refractivity contribution in [1.29, 1.82) is 0 Å². The number of carbonyl (C=O) groups is 2. The smallest absolute Gasteiger partial charge is 0.326 e. The first-order chi connectivity index (χ1) is 7.61. The fourth-order valence-electron chi connectivity index (χ4n) is 1.19. The Bertz CT molecular complexity index is 252. The summed E-state index contributed by atoms with van der Waals surface area (Å²) in [5, 5.41) is 13.8. The molecule has 1 atom stereocenters. The Kier molecular flexibility index (Phi) is 7.93. The van der Waals surface area contributed by atoms with E-state index in [-0.39, 0.29) is 0 Å². The Morgan fingerprint density at radius 1 is 1.44 bits per heavy atom. The predicted molar refractivity (Wildman–Crippen MR) is 62.3 cm³/mol. The SMILES string of the molecule is C/C=C/CCNC(=O)NC(CCC)C(=O)O. The van der Waals surface area contributed by atoms with Crippen molar-refractivity contribution in [1.82, 2.24) is 10.6 Å². The minimum atomic E-state index is -0.995. The van der Waals surface area contributed by atoms with Gasteiger partial charge in [-0.25, -0.2) is 9.59 Å². The topological polar surface area (TPSA) is 78.4 Å². The molecule has 0 rings (SSSR count). The van der Waals surface area contributed by atoms with Gasteiger partial charge in [0, 0.05) is 6.54 Å². The molecule has 0 aromatic heterocycles. The number of urea groups is 1. The van der Waals surface area contributed by atoms with Crippen molar-refractivity contribution in [3.63, 3.8) is 0 Å². The maximum Gasteiger partial charge on any atom is 0.326 e. The number of carboxylic acid groups (broad SMARTS) is 1. The Labute approximate surface area is 95.9 Å². The summed E-state index contributed by atoms with van der Waals surface area (Å²) in [6, 6.07) is -1.22. The number of allylic oxidation sites excluding steroid dienone is 1. The molecular formula is C11H20N2O3. The van der Waals surface area contributed by atoms with Crippen molar-refractivity contribution in [2.45, 2.75) is 39.2 Å². The van der Waals surface area contributed by atoms with Gasteiger partial charge in [0.1, 0.15) is 6.04 Å². The molecule has 3 N–H and O–H groups in total. The second-order valence-electron chi connectivity index (χ2n) is 3.44. The zero-order chi connectivity index (χ0) is 12.4. The normalized spacial score (nSPS) is 12.4. The van der Waals surface area contributed by atoms with E-state index in [2.05, 4.69) is 10.6 Å². The van der Waals surface area contributed by atoms with Gasteiger partial charge < -0.3 is 15.7 Å². The van der Waals surface area contributed by atoms with Gasteiger partial charge in [-0.2, -0.15) is 0 Å². The number of hydrogen-bond donors (Lipinski definition) is 3. The lowest BCUT2D eigenvalue weighted by atomic mass is 10.2. The third-order valence-electron chi connectivity index (χ3n) is 2.01. The van der Waals surface area contributed by atoms with Gasteiger partial charge in [0.25, 0.3) is 0 Å². The number of carboxylic acids is 1. The van der Waals surface area contributed by atoms with Crippen molar-refractivity contribution >= 4 is 12.0 Å². The van der Waals surface area contributed by atoms with Crippen LogP contribution in [-0.4, -0.2) is 29.7 Å². The summed E-state index contributed by atoms with van der Waals surface area (Å²) in [4.78, 5) is 22.0. The third-order valence-corrected chi connectivity index (χ3v) is 2.01. The molecule has 0 aliphatic heterocycles. The number of nitrogens with one attached hydrogen (secondary N) is 2. The molecule has 0 radical (unpaired) electrons. The predicted octanol–water partition coefficient (Wildman–Crippen LogP) is 1.51. The molecule has 0 aromatic carbocycles. The van der Waals surface area contributed by atoms with Crippen LogP contribution in [0.5, 0.6) is 0 Å². The summed E-state index contributed by atoms with van der Waals surface area (Å²) in [6.07, 6.45) is 5.74. The molecular weight excluding hydrogens is 208 g/mol. The average molecular weight is 228 g/mol. The van der Waals surface area contributed by atoms with E-state index in [0.717, 1.165) is 12.8 Å². The lowest BCUT2D eigenvalue weighted by molar-refractivity contribution is -0.139. The fraction of sp³-hybridized carbons (Fsp3) is 0.636. The third kappa shape index (κ3) is 6.86. The van der Waals surface area contributed by atoms with E-state index in [1.54, 1.807) is 0 Å². The van der Waals surface area contributed by atoms with Crippen LogP contribution in [0.15, 0.2) is 12.2 Å².